The molecule has 5 nitrogen and oxygen atoms in total. The van der Waals surface area contributed by atoms with Crippen LogP contribution >= 0.6 is 0 Å². The van der Waals surface area contributed by atoms with Crippen LogP contribution in [-0.4, -0.2) is 29.9 Å². The number of ether oxygens (including phenoxy) is 2. The maximum Gasteiger partial charge on any atom is 0.306 e. The molecule has 2 aromatic rings. The molecule has 1 atom stereocenters. The molecule has 1 aromatic carbocycles. The van der Waals surface area contributed by atoms with Gasteiger partial charge in [-0.1, -0.05) is 48.8 Å². The summed E-state index contributed by atoms with van der Waals surface area (Å²) in [7, 11) is 0. The second-order valence-corrected chi connectivity index (χ2v) is 10.8. The number of unbranched alkanes of at least 4 members (excludes halogenated alkanes) is 1. The van der Waals surface area contributed by atoms with Gasteiger partial charge in [-0.3, -0.25) is 4.79 Å². The number of carbonyl (C=O) groups is 1. The first-order valence-corrected chi connectivity index (χ1v) is 13.1. The number of esters is 1. The van der Waals surface area contributed by atoms with E-state index in [1.807, 2.05) is 20.8 Å². The van der Waals surface area contributed by atoms with Crippen LogP contribution in [0.2, 0.25) is 0 Å². The largest absolute Gasteiger partial charge is 0.460 e. The summed E-state index contributed by atoms with van der Waals surface area (Å²) >= 11 is 0. The average Bonchev–Trinajstić information content (AvgIpc) is 3.23. The van der Waals surface area contributed by atoms with Crippen LogP contribution in [0.15, 0.2) is 40.9 Å². The van der Waals surface area contributed by atoms with Crippen LogP contribution in [0.25, 0.3) is 0 Å². The molecule has 0 radical (unpaired) electrons. The fourth-order valence-corrected chi connectivity index (χ4v) is 4.63. The predicted octanol–water partition coefficient (Wildman–Crippen LogP) is 7.21. The molecule has 1 saturated carbocycles. The van der Waals surface area contributed by atoms with Crippen LogP contribution in [0.1, 0.15) is 108 Å². The van der Waals surface area contributed by atoms with Crippen LogP contribution < -0.4 is 0 Å². The van der Waals surface area contributed by atoms with Crippen molar-refractivity contribution in [2.24, 2.45) is 5.92 Å². The van der Waals surface area contributed by atoms with E-state index in [1.54, 1.807) is 0 Å². The molecule has 0 aliphatic heterocycles. The third kappa shape index (κ3) is 8.90. The zero-order chi connectivity index (χ0) is 24.4. The van der Waals surface area contributed by atoms with Gasteiger partial charge in [0.1, 0.15) is 11.4 Å². The van der Waals surface area contributed by atoms with Crippen molar-refractivity contribution in [2.75, 3.05) is 13.2 Å². The van der Waals surface area contributed by atoms with Crippen molar-refractivity contribution in [1.29, 1.82) is 0 Å². The second kappa shape index (κ2) is 13.1. The Hall–Kier alpha value is -2.14. The monoisotopic (exact) mass is 469 g/mol. The Kier molecular flexibility index (Phi) is 10.2. The van der Waals surface area contributed by atoms with Gasteiger partial charge in [0.25, 0.3) is 0 Å². The smallest absolute Gasteiger partial charge is 0.306 e. The van der Waals surface area contributed by atoms with Gasteiger partial charge in [0.05, 0.1) is 12.1 Å². The molecule has 1 fully saturated rings. The van der Waals surface area contributed by atoms with E-state index < -0.39 is 5.60 Å². The molecule has 3 rings (SSSR count). The Morgan fingerprint density at radius 2 is 1.88 bits per heavy atom. The number of aromatic nitrogens is 1. The molecule has 1 heterocycles. The normalized spacial score (nSPS) is 18.9. The van der Waals surface area contributed by atoms with Crippen molar-refractivity contribution < 1.29 is 18.8 Å². The van der Waals surface area contributed by atoms with E-state index in [0.717, 1.165) is 68.9 Å². The lowest BCUT2D eigenvalue weighted by molar-refractivity contribution is -0.155. The van der Waals surface area contributed by atoms with E-state index in [0.29, 0.717) is 18.9 Å². The molecule has 0 spiro atoms. The van der Waals surface area contributed by atoms with E-state index in [9.17, 15) is 4.79 Å². The number of carbonyl (C=O) groups excluding carboxylic acids is 1. The standard InChI is InChI=1S/C29H43NO4/c1-5-6-16-32-17-10-13-24(20-28(31)33-29(2,3)4)26-21-27(34-30-26)25-18-23(19-25)15-14-22-11-8-7-9-12-22/h7-9,11-12,21,23-25H,5-6,10,13-20H2,1-4H3/t23?,24-,25?/m0/s1. The Bertz CT molecular complexity index is 849. The SMILES string of the molecule is CCCCOCCC[C@@H](CC(=O)OC(C)(C)C)c1cc(C2CC(CCc3ccccc3)C2)on1. The van der Waals surface area contributed by atoms with Gasteiger partial charge in [-0.05, 0) is 77.2 Å². The van der Waals surface area contributed by atoms with Gasteiger partial charge >= 0.3 is 5.97 Å². The number of hydrogen-bond donors (Lipinski definition) is 0. The zero-order valence-corrected chi connectivity index (χ0v) is 21.6. The first-order chi connectivity index (χ1) is 16.3. The Morgan fingerprint density at radius 3 is 2.59 bits per heavy atom. The van der Waals surface area contributed by atoms with Gasteiger partial charge in [0, 0.05) is 31.1 Å². The van der Waals surface area contributed by atoms with E-state index >= 15 is 0 Å². The summed E-state index contributed by atoms with van der Waals surface area (Å²) in [6, 6.07) is 12.8. The van der Waals surface area contributed by atoms with Gasteiger partial charge in [0.2, 0.25) is 0 Å². The predicted molar refractivity (Wildman–Crippen MR) is 135 cm³/mol. The minimum absolute atomic E-state index is 0.00363. The summed E-state index contributed by atoms with van der Waals surface area (Å²) in [5.41, 5.74) is 1.80. The Morgan fingerprint density at radius 1 is 1.15 bits per heavy atom. The van der Waals surface area contributed by atoms with Crippen molar-refractivity contribution in [3.8, 4) is 0 Å². The van der Waals surface area contributed by atoms with E-state index in [4.69, 9.17) is 14.0 Å². The minimum Gasteiger partial charge on any atom is -0.460 e. The molecule has 0 N–H and O–H groups in total. The highest BCUT2D eigenvalue weighted by atomic mass is 16.6. The van der Waals surface area contributed by atoms with Crippen molar-refractivity contribution in [1.82, 2.24) is 5.16 Å². The van der Waals surface area contributed by atoms with Gasteiger partial charge in [-0.15, -0.1) is 0 Å². The maximum atomic E-state index is 12.5. The molecule has 5 heteroatoms. The molecule has 0 saturated heterocycles. The van der Waals surface area contributed by atoms with Crippen LogP contribution in [0.4, 0.5) is 0 Å². The Balaban J connectivity index is 1.51. The number of rotatable bonds is 14. The topological polar surface area (TPSA) is 61.6 Å². The molecule has 0 unspecified atom stereocenters. The number of aryl methyl sites for hydroxylation is 1. The highest BCUT2D eigenvalue weighted by Gasteiger charge is 2.33. The molecule has 34 heavy (non-hydrogen) atoms. The van der Waals surface area contributed by atoms with E-state index in [2.05, 4.69) is 48.5 Å². The highest BCUT2D eigenvalue weighted by molar-refractivity contribution is 5.71. The first kappa shape index (κ1) is 26.5. The average molecular weight is 470 g/mol. The molecule has 0 amide bonds. The third-order valence-corrected chi connectivity index (χ3v) is 6.60. The minimum atomic E-state index is -0.486. The highest BCUT2D eigenvalue weighted by Crippen LogP contribution is 2.44. The van der Waals surface area contributed by atoms with Crippen LogP contribution in [0.5, 0.6) is 0 Å². The first-order valence-electron chi connectivity index (χ1n) is 13.1. The molecule has 0 bridgehead atoms. The van der Waals surface area contributed by atoms with Crippen molar-refractivity contribution in [3.63, 3.8) is 0 Å². The van der Waals surface area contributed by atoms with E-state index in [-0.39, 0.29) is 11.9 Å². The van der Waals surface area contributed by atoms with E-state index in [1.165, 1.54) is 12.0 Å². The fraction of sp³-hybridized carbons (Fsp3) is 0.655. The lowest BCUT2D eigenvalue weighted by atomic mass is 9.71. The summed E-state index contributed by atoms with van der Waals surface area (Å²) in [6.45, 7) is 9.38. The number of hydrogen-bond acceptors (Lipinski definition) is 5. The number of benzene rings is 1. The summed E-state index contributed by atoms with van der Waals surface area (Å²) in [6.07, 6.45) is 8.94. The lowest BCUT2D eigenvalue weighted by Gasteiger charge is -2.33. The van der Waals surface area contributed by atoms with Crippen molar-refractivity contribution in [2.45, 2.75) is 103 Å². The van der Waals surface area contributed by atoms with Gasteiger partial charge in [0.15, 0.2) is 0 Å². The Labute approximate surface area is 205 Å². The summed E-state index contributed by atoms with van der Waals surface area (Å²) in [5, 5.41) is 4.39. The van der Waals surface area contributed by atoms with Crippen molar-refractivity contribution >= 4 is 5.97 Å². The molecule has 1 aliphatic rings. The van der Waals surface area contributed by atoms with Crippen LogP contribution in [-0.2, 0) is 20.7 Å². The molecule has 188 valence electrons. The quantitative estimate of drug-likeness (QED) is 0.216. The van der Waals surface area contributed by atoms with Gasteiger partial charge in [-0.25, -0.2) is 0 Å². The van der Waals surface area contributed by atoms with Crippen LogP contribution in [0, 0.1) is 5.92 Å². The number of nitrogens with zero attached hydrogens (tertiary/aromatic N) is 1. The molecular formula is C29H43NO4. The third-order valence-electron chi connectivity index (χ3n) is 6.60. The molecule has 1 aliphatic carbocycles. The zero-order valence-electron chi connectivity index (χ0n) is 21.6. The summed E-state index contributed by atoms with van der Waals surface area (Å²) in [4.78, 5) is 12.5. The van der Waals surface area contributed by atoms with Gasteiger partial charge < -0.3 is 14.0 Å². The van der Waals surface area contributed by atoms with Gasteiger partial charge in [-0.2, -0.15) is 0 Å². The lowest BCUT2D eigenvalue weighted by Crippen LogP contribution is -2.25. The van der Waals surface area contributed by atoms with Crippen molar-refractivity contribution in [3.05, 3.63) is 53.4 Å². The maximum absolute atomic E-state index is 12.5. The molecular weight excluding hydrogens is 426 g/mol. The van der Waals surface area contributed by atoms with Crippen LogP contribution in [0.3, 0.4) is 0 Å². The fourth-order valence-electron chi connectivity index (χ4n) is 4.63. The second-order valence-electron chi connectivity index (χ2n) is 10.8. The molecule has 1 aromatic heterocycles. The summed E-state index contributed by atoms with van der Waals surface area (Å²) in [5.74, 6) is 1.98. The summed E-state index contributed by atoms with van der Waals surface area (Å²) < 4.78 is 17.1.